The van der Waals surface area contributed by atoms with Gasteiger partial charge in [0.05, 0.1) is 19.8 Å². The van der Waals surface area contributed by atoms with E-state index in [1.54, 1.807) is 0 Å². The fraction of sp³-hybridized carbons (Fsp3) is 0.706. The van der Waals surface area contributed by atoms with E-state index in [0.717, 1.165) is 51.4 Å². The maximum absolute atomic E-state index is 12.2. The number of carbonyl (C=O) groups is 2. The van der Waals surface area contributed by atoms with Crippen molar-refractivity contribution in [3.05, 3.63) is 48.6 Å². The summed E-state index contributed by atoms with van der Waals surface area (Å²) < 4.78 is 31.4. The van der Waals surface area contributed by atoms with Crippen LogP contribution in [0.25, 0.3) is 0 Å². The van der Waals surface area contributed by atoms with Crippen molar-refractivity contribution in [1.29, 1.82) is 0 Å². The molecule has 0 spiro atoms. The second-order valence-corrected chi connectivity index (χ2v) is 12.3. The number of hydrogen-bond donors (Lipinski definition) is 3. The second-order valence-electron chi connectivity index (χ2n) is 10.9. The lowest BCUT2D eigenvalue weighted by molar-refractivity contribution is -0.160. The van der Waals surface area contributed by atoms with E-state index in [2.05, 4.69) is 60.1 Å². The monoisotopic (exact) mass is 658 g/mol. The van der Waals surface area contributed by atoms with E-state index in [1.807, 2.05) is 0 Å². The molecule has 45 heavy (non-hydrogen) atoms. The summed E-state index contributed by atoms with van der Waals surface area (Å²) in [5.41, 5.74) is 0. The molecule has 0 aliphatic rings. The number of aliphatic hydroxyl groups is 2. The van der Waals surface area contributed by atoms with Crippen LogP contribution in [-0.2, 0) is 32.7 Å². The summed E-state index contributed by atoms with van der Waals surface area (Å²) in [6.45, 7) is 1.17. The number of hydrogen-bond acceptors (Lipinski definition) is 9. The van der Waals surface area contributed by atoms with Gasteiger partial charge >= 0.3 is 19.8 Å². The molecule has 11 heteroatoms. The molecule has 0 bridgehead atoms. The van der Waals surface area contributed by atoms with Crippen molar-refractivity contribution < 1.29 is 47.8 Å². The fourth-order valence-electron chi connectivity index (χ4n) is 4.06. The smallest absolute Gasteiger partial charge is 0.462 e. The maximum atomic E-state index is 12.2. The van der Waals surface area contributed by atoms with Crippen molar-refractivity contribution in [2.75, 3.05) is 26.4 Å². The molecule has 0 heterocycles. The highest BCUT2D eigenvalue weighted by atomic mass is 31.2. The number of unbranched alkanes of at least 4 members (excludes halogenated alkanes) is 10. The van der Waals surface area contributed by atoms with Crippen LogP contribution >= 0.6 is 7.82 Å². The van der Waals surface area contributed by atoms with Crippen LogP contribution in [0.2, 0.25) is 0 Å². The molecule has 10 nitrogen and oxygen atoms in total. The molecule has 0 aliphatic heterocycles. The lowest BCUT2D eigenvalue weighted by Crippen LogP contribution is -2.29. The van der Waals surface area contributed by atoms with Gasteiger partial charge in [-0.2, -0.15) is 0 Å². The Morgan fingerprint density at radius 2 is 1.20 bits per heavy atom. The van der Waals surface area contributed by atoms with Gasteiger partial charge in [0.2, 0.25) is 0 Å². The van der Waals surface area contributed by atoms with Gasteiger partial charge in [-0.05, 0) is 44.9 Å². The van der Waals surface area contributed by atoms with Crippen molar-refractivity contribution >= 4 is 19.8 Å². The van der Waals surface area contributed by atoms with Crippen LogP contribution in [-0.4, -0.2) is 65.7 Å². The van der Waals surface area contributed by atoms with Gasteiger partial charge in [-0.1, -0.05) is 107 Å². The summed E-state index contributed by atoms with van der Waals surface area (Å²) in [5.74, 6) is -1.13. The summed E-state index contributed by atoms with van der Waals surface area (Å²) >= 11 is 0. The summed E-state index contributed by atoms with van der Waals surface area (Å²) in [4.78, 5) is 33.1. The molecule has 3 atom stereocenters. The first-order chi connectivity index (χ1) is 21.7. The Morgan fingerprint density at radius 1 is 0.711 bits per heavy atom. The lowest BCUT2D eigenvalue weighted by Gasteiger charge is -2.20. The van der Waals surface area contributed by atoms with Gasteiger partial charge in [-0.3, -0.25) is 18.6 Å². The zero-order chi connectivity index (χ0) is 33.4. The van der Waals surface area contributed by atoms with Crippen LogP contribution < -0.4 is 0 Å². The Kier molecular flexibility index (Phi) is 29.2. The van der Waals surface area contributed by atoms with Gasteiger partial charge in [0.1, 0.15) is 12.7 Å². The highest BCUT2D eigenvalue weighted by Crippen LogP contribution is 2.43. The summed E-state index contributed by atoms with van der Waals surface area (Å²) in [7, 11) is -4.58. The average molecular weight is 659 g/mol. The number of ether oxygens (including phenoxy) is 2. The third-order valence-electron chi connectivity index (χ3n) is 6.56. The molecular formula is C34H59O10P. The molecule has 0 saturated heterocycles. The third-order valence-corrected chi connectivity index (χ3v) is 7.51. The predicted octanol–water partition coefficient (Wildman–Crippen LogP) is 7.43. The van der Waals surface area contributed by atoms with Crippen LogP contribution in [0.3, 0.4) is 0 Å². The van der Waals surface area contributed by atoms with E-state index >= 15 is 0 Å². The van der Waals surface area contributed by atoms with Crippen LogP contribution in [0.15, 0.2) is 48.6 Å². The highest BCUT2D eigenvalue weighted by Gasteiger charge is 2.26. The van der Waals surface area contributed by atoms with E-state index in [1.165, 1.54) is 45.4 Å². The number of rotatable bonds is 30. The standard InChI is InChI=1S/C34H59O10P/c1-3-4-5-6-7-8-9-10-11-12-13-14-15-16-17-18-19-20-21-22-23-24-25-26-34(38)44-33(29-41-31(2)36)30-43-45(39,40)42-28-32(37)27-35/h4-5,7-8,10-11,13-14,32-33,35,37H,3,6,9,12,15-30H2,1-2H3,(H,39,40)/b5-4-,8-7-,11-10-,14-13-. The van der Waals surface area contributed by atoms with Crippen molar-refractivity contribution in [3.63, 3.8) is 0 Å². The fourth-order valence-corrected chi connectivity index (χ4v) is 4.85. The largest absolute Gasteiger partial charge is 0.472 e. The highest BCUT2D eigenvalue weighted by molar-refractivity contribution is 7.47. The number of phosphoric ester groups is 1. The molecule has 0 saturated carbocycles. The van der Waals surface area contributed by atoms with Crippen LogP contribution in [0.4, 0.5) is 0 Å². The van der Waals surface area contributed by atoms with Gasteiger partial charge in [0.15, 0.2) is 6.10 Å². The Labute approximate surface area is 271 Å². The first-order valence-electron chi connectivity index (χ1n) is 16.5. The van der Waals surface area contributed by atoms with Crippen molar-refractivity contribution in [2.45, 2.75) is 129 Å². The van der Waals surface area contributed by atoms with Gasteiger partial charge in [-0.25, -0.2) is 4.57 Å². The van der Waals surface area contributed by atoms with Gasteiger partial charge in [0, 0.05) is 13.3 Å². The minimum atomic E-state index is -4.58. The molecule has 0 aromatic carbocycles. The maximum Gasteiger partial charge on any atom is 0.472 e. The van der Waals surface area contributed by atoms with E-state index in [4.69, 9.17) is 19.1 Å². The quantitative estimate of drug-likeness (QED) is 0.0308. The second kappa shape index (κ2) is 30.6. The molecule has 3 unspecified atom stereocenters. The molecule has 0 amide bonds. The zero-order valence-electron chi connectivity index (χ0n) is 27.6. The predicted molar refractivity (Wildman–Crippen MR) is 177 cm³/mol. The first kappa shape index (κ1) is 42.9. The zero-order valence-corrected chi connectivity index (χ0v) is 28.5. The van der Waals surface area contributed by atoms with Crippen molar-refractivity contribution in [1.82, 2.24) is 0 Å². The molecule has 0 rings (SSSR count). The minimum absolute atomic E-state index is 0.172. The third kappa shape index (κ3) is 31.7. The molecule has 0 aliphatic carbocycles. The molecule has 0 radical (unpaired) electrons. The van der Waals surface area contributed by atoms with Gasteiger partial charge in [0.25, 0.3) is 0 Å². The minimum Gasteiger partial charge on any atom is -0.462 e. The Balaban J connectivity index is 3.84. The number of esters is 2. The van der Waals surface area contributed by atoms with Crippen LogP contribution in [0.5, 0.6) is 0 Å². The molecule has 0 fully saturated rings. The van der Waals surface area contributed by atoms with Gasteiger partial charge in [-0.15, -0.1) is 0 Å². The van der Waals surface area contributed by atoms with E-state index < -0.39 is 51.8 Å². The number of carbonyl (C=O) groups excluding carboxylic acids is 2. The SMILES string of the molecule is CC/C=C\C/C=C\C/C=C\C/C=C\CCCCCCCCCCCCC(=O)OC(COC(C)=O)COP(=O)(O)OCC(O)CO. The van der Waals surface area contributed by atoms with Crippen molar-refractivity contribution in [3.8, 4) is 0 Å². The van der Waals surface area contributed by atoms with E-state index in [0.29, 0.717) is 6.42 Å². The van der Waals surface area contributed by atoms with E-state index in [-0.39, 0.29) is 13.0 Å². The molecule has 0 aromatic heterocycles. The summed E-state index contributed by atoms with van der Waals surface area (Å²) in [5, 5.41) is 18.0. The summed E-state index contributed by atoms with van der Waals surface area (Å²) in [6.07, 6.45) is 31.9. The van der Waals surface area contributed by atoms with Crippen LogP contribution in [0, 0.1) is 0 Å². The average Bonchev–Trinajstić information content (AvgIpc) is 3.01. The van der Waals surface area contributed by atoms with Gasteiger partial charge < -0.3 is 24.6 Å². The number of aliphatic hydroxyl groups excluding tert-OH is 2. The van der Waals surface area contributed by atoms with Crippen LogP contribution in [0.1, 0.15) is 117 Å². The number of phosphoric acid groups is 1. The summed E-state index contributed by atoms with van der Waals surface area (Å²) in [6, 6.07) is 0. The Hall–Kier alpha value is -2.07. The molecule has 260 valence electrons. The molecular weight excluding hydrogens is 599 g/mol. The van der Waals surface area contributed by atoms with Crippen molar-refractivity contribution in [2.24, 2.45) is 0 Å². The molecule has 0 aromatic rings. The first-order valence-corrected chi connectivity index (χ1v) is 18.0. The lowest BCUT2D eigenvalue weighted by atomic mass is 10.0. The molecule has 3 N–H and O–H groups in total. The topological polar surface area (TPSA) is 149 Å². The normalized spacial score (nSPS) is 14.9. The number of allylic oxidation sites excluding steroid dienone is 8. The van der Waals surface area contributed by atoms with E-state index in [9.17, 15) is 24.2 Å². The Morgan fingerprint density at radius 3 is 1.73 bits per heavy atom. The Bertz CT molecular complexity index is 899.